The number of amides is 2. The molecule has 196 valence electrons. The maximum absolute atomic E-state index is 13.8. The molecule has 0 unspecified atom stereocenters. The van der Waals surface area contributed by atoms with Gasteiger partial charge < -0.3 is 16.0 Å². The highest BCUT2D eigenvalue weighted by Crippen LogP contribution is 2.37. The van der Waals surface area contributed by atoms with Gasteiger partial charge in [-0.15, -0.1) is 0 Å². The number of nitrogens with zero attached hydrogens (tertiary/aromatic N) is 2. The van der Waals surface area contributed by atoms with E-state index in [0.717, 1.165) is 34.4 Å². The molecule has 38 heavy (non-hydrogen) atoms. The van der Waals surface area contributed by atoms with Crippen LogP contribution in [0.1, 0.15) is 11.1 Å². The van der Waals surface area contributed by atoms with Crippen molar-refractivity contribution in [3.05, 3.63) is 87.9 Å². The molecule has 0 fully saturated rings. The topological polar surface area (TPSA) is 120 Å². The number of carbonyl (C=O) groups is 2. The molecule has 2 heterocycles. The summed E-state index contributed by atoms with van der Waals surface area (Å²) in [7, 11) is -4.26. The van der Waals surface area contributed by atoms with Gasteiger partial charge in [-0.05, 0) is 35.9 Å². The molecular weight excluding hydrogens is 549 g/mol. The number of hydrogen-bond acceptors (Lipinski definition) is 6. The van der Waals surface area contributed by atoms with E-state index in [1.807, 2.05) is 24.3 Å². The monoisotopic (exact) mass is 571 g/mol. The van der Waals surface area contributed by atoms with E-state index in [9.17, 15) is 18.0 Å². The molecule has 3 aromatic rings. The van der Waals surface area contributed by atoms with Gasteiger partial charge in [0.25, 0.3) is 10.0 Å². The quantitative estimate of drug-likeness (QED) is 0.402. The number of halogens is 2. The van der Waals surface area contributed by atoms with E-state index < -0.39 is 22.0 Å². The van der Waals surface area contributed by atoms with Gasteiger partial charge in [-0.2, -0.15) is 0 Å². The lowest BCUT2D eigenvalue weighted by Gasteiger charge is -2.37. The van der Waals surface area contributed by atoms with E-state index in [1.54, 1.807) is 24.3 Å². The summed E-state index contributed by atoms with van der Waals surface area (Å²) >= 11 is 12.1. The van der Waals surface area contributed by atoms with Crippen LogP contribution < -0.4 is 20.3 Å². The first-order valence-electron chi connectivity index (χ1n) is 11.8. The Labute approximate surface area is 229 Å². The zero-order valence-electron chi connectivity index (χ0n) is 19.9. The van der Waals surface area contributed by atoms with Crippen molar-refractivity contribution in [2.45, 2.75) is 17.4 Å². The summed E-state index contributed by atoms with van der Waals surface area (Å²) in [6.07, 6.45) is 0.0602. The highest BCUT2D eigenvalue weighted by molar-refractivity contribution is 7.93. The Morgan fingerprint density at radius 1 is 1.05 bits per heavy atom. The molecule has 2 aliphatic heterocycles. The van der Waals surface area contributed by atoms with Gasteiger partial charge in [0.15, 0.2) is 0 Å². The molecule has 0 saturated carbocycles. The van der Waals surface area contributed by atoms with E-state index >= 15 is 0 Å². The summed E-state index contributed by atoms with van der Waals surface area (Å²) < 4.78 is 28.5. The Morgan fingerprint density at radius 2 is 1.82 bits per heavy atom. The molecular formula is C26H23Cl2N5O4S. The molecule has 0 spiro atoms. The highest BCUT2D eigenvalue weighted by atomic mass is 35.5. The molecule has 12 heteroatoms. The van der Waals surface area contributed by atoms with Crippen molar-refractivity contribution < 1.29 is 18.0 Å². The fourth-order valence-electron chi connectivity index (χ4n) is 4.32. The number of rotatable bonds is 7. The average Bonchev–Trinajstić information content (AvgIpc) is 3.44. The van der Waals surface area contributed by atoms with Crippen molar-refractivity contribution >= 4 is 62.2 Å². The van der Waals surface area contributed by atoms with Crippen LogP contribution in [0.25, 0.3) is 0 Å². The Bertz CT molecular complexity index is 1540. The molecule has 3 aromatic carbocycles. The number of aliphatic imine (C=N–C) groups is 1. The van der Waals surface area contributed by atoms with Crippen LogP contribution in [0.2, 0.25) is 10.0 Å². The molecule has 0 radical (unpaired) electrons. The summed E-state index contributed by atoms with van der Waals surface area (Å²) in [5.41, 5.74) is 2.32. The van der Waals surface area contributed by atoms with Crippen LogP contribution in [0, 0.1) is 0 Å². The second-order valence-electron chi connectivity index (χ2n) is 8.73. The maximum atomic E-state index is 13.8. The van der Waals surface area contributed by atoms with Crippen LogP contribution >= 0.6 is 23.2 Å². The number of sulfonamides is 1. The van der Waals surface area contributed by atoms with Crippen molar-refractivity contribution in [1.29, 1.82) is 0 Å². The first-order valence-corrected chi connectivity index (χ1v) is 14.0. The smallest absolute Gasteiger partial charge is 0.265 e. The molecule has 2 aliphatic rings. The Kier molecular flexibility index (Phi) is 7.29. The number of anilines is 2. The standard InChI is InChI=1S/C26H23Cl2N5O4S/c27-19-10-9-18(14-20(19)28)38(36,37)33-22-4-2-1-3-21(22)32-26(35)23(33)15-31-24(34)13-16-5-7-17(8-6-16)25-29-11-12-30-25/h1-10,14,23H,11-13,15H2,(H,29,30)(H,31,34)(H,32,35)/t23-/m1/s1. The Hall–Kier alpha value is -3.60. The van der Waals surface area contributed by atoms with Crippen LogP contribution in [-0.4, -0.2) is 51.7 Å². The van der Waals surface area contributed by atoms with E-state index in [4.69, 9.17) is 23.2 Å². The minimum Gasteiger partial charge on any atom is -0.368 e. The zero-order chi connectivity index (χ0) is 26.9. The normalized spacial score (nSPS) is 16.8. The fourth-order valence-corrected chi connectivity index (χ4v) is 6.34. The number of para-hydroxylation sites is 2. The van der Waals surface area contributed by atoms with Crippen LogP contribution in [0.4, 0.5) is 11.4 Å². The first kappa shape index (κ1) is 26.0. The van der Waals surface area contributed by atoms with Crippen molar-refractivity contribution in [1.82, 2.24) is 10.6 Å². The predicted octanol–water partition coefficient (Wildman–Crippen LogP) is 3.22. The van der Waals surface area contributed by atoms with Gasteiger partial charge in [-0.1, -0.05) is 59.6 Å². The van der Waals surface area contributed by atoms with Crippen LogP contribution in [0.5, 0.6) is 0 Å². The molecule has 0 aliphatic carbocycles. The van der Waals surface area contributed by atoms with Gasteiger partial charge in [-0.25, -0.2) is 12.7 Å². The van der Waals surface area contributed by atoms with Crippen molar-refractivity contribution in [2.24, 2.45) is 4.99 Å². The minimum absolute atomic E-state index is 0.0602. The van der Waals surface area contributed by atoms with Gasteiger partial charge in [-0.3, -0.25) is 14.6 Å². The third-order valence-electron chi connectivity index (χ3n) is 6.19. The average molecular weight is 572 g/mol. The number of amidine groups is 1. The van der Waals surface area contributed by atoms with Gasteiger partial charge in [0.1, 0.15) is 11.9 Å². The third kappa shape index (κ3) is 5.20. The molecule has 0 bridgehead atoms. The summed E-state index contributed by atoms with van der Waals surface area (Å²) in [4.78, 5) is 30.1. The van der Waals surface area contributed by atoms with Gasteiger partial charge in [0.2, 0.25) is 11.8 Å². The van der Waals surface area contributed by atoms with E-state index in [-0.39, 0.29) is 39.5 Å². The number of carbonyl (C=O) groups excluding carboxylic acids is 2. The number of fused-ring (bicyclic) bond motifs is 1. The molecule has 0 saturated heterocycles. The SMILES string of the molecule is O=C(Cc1ccc(C2=NCCN2)cc1)NC[C@@H]1C(=O)Nc2ccccc2N1S(=O)(=O)c1ccc(Cl)c(Cl)c1. The summed E-state index contributed by atoms with van der Waals surface area (Å²) in [5.74, 6) is -0.0951. The number of nitrogens with one attached hydrogen (secondary N) is 3. The minimum atomic E-state index is -4.26. The Morgan fingerprint density at radius 3 is 2.53 bits per heavy atom. The van der Waals surface area contributed by atoms with Crippen LogP contribution in [0.3, 0.4) is 0 Å². The number of benzene rings is 3. The lowest BCUT2D eigenvalue weighted by atomic mass is 10.1. The van der Waals surface area contributed by atoms with Crippen LogP contribution in [0.15, 0.2) is 76.6 Å². The maximum Gasteiger partial charge on any atom is 0.265 e. The second kappa shape index (κ2) is 10.6. The molecule has 1 atom stereocenters. The third-order valence-corrected chi connectivity index (χ3v) is 8.75. The lowest BCUT2D eigenvalue weighted by Crippen LogP contribution is -2.55. The molecule has 5 rings (SSSR count). The fraction of sp³-hybridized carbons (Fsp3) is 0.192. The lowest BCUT2D eigenvalue weighted by molar-refractivity contribution is -0.121. The van der Waals surface area contributed by atoms with Crippen molar-refractivity contribution in [2.75, 3.05) is 29.3 Å². The Balaban J connectivity index is 1.36. The number of hydrogen-bond donors (Lipinski definition) is 3. The van der Waals surface area contributed by atoms with Crippen LogP contribution in [-0.2, 0) is 26.0 Å². The summed E-state index contributed by atoms with van der Waals surface area (Å²) in [6.45, 7) is 1.30. The molecule has 0 aromatic heterocycles. The van der Waals surface area contributed by atoms with Gasteiger partial charge >= 0.3 is 0 Å². The zero-order valence-corrected chi connectivity index (χ0v) is 22.3. The summed E-state index contributed by atoms with van der Waals surface area (Å²) in [6, 6.07) is 16.7. The second-order valence-corrected chi connectivity index (χ2v) is 11.4. The van der Waals surface area contributed by atoms with Crippen molar-refractivity contribution in [3.63, 3.8) is 0 Å². The first-order chi connectivity index (χ1) is 18.2. The highest BCUT2D eigenvalue weighted by Gasteiger charge is 2.41. The van der Waals surface area contributed by atoms with Crippen molar-refractivity contribution in [3.8, 4) is 0 Å². The van der Waals surface area contributed by atoms with Gasteiger partial charge in [0, 0.05) is 18.7 Å². The van der Waals surface area contributed by atoms with E-state index in [0.29, 0.717) is 5.69 Å². The molecule has 2 amide bonds. The van der Waals surface area contributed by atoms with E-state index in [1.165, 1.54) is 18.2 Å². The van der Waals surface area contributed by atoms with E-state index in [2.05, 4.69) is 20.9 Å². The molecule has 3 N–H and O–H groups in total. The molecule has 9 nitrogen and oxygen atoms in total. The summed E-state index contributed by atoms with van der Waals surface area (Å²) in [5, 5.41) is 8.91. The predicted molar refractivity (Wildman–Crippen MR) is 148 cm³/mol. The largest absolute Gasteiger partial charge is 0.368 e. The van der Waals surface area contributed by atoms with Gasteiger partial charge in [0.05, 0.1) is 39.3 Å².